The molecule has 0 saturated carbocycles. The molecular formula is C10H12ClNO2. The lowest BCUT2D eigenvalue weighted by molar-refractivity contribution is 0.0934. The first-order valence-electron chi connectivity index (χ1n) is 4.30. The van der Waals surface area contributed by atoms with Crippen LogP contribution in [0.4, 0.5) is 0 Å². The molecule has 0 N–H and O–H groups in total. The van der Waals surface area contributed by atoms with Gasteiger partial charge in [0.1, 0.15) is 11.4 Å². The number of hydrogen-bond acceptors (Lipinski definition) is 3. The Bertz CT molecular complexity index is 350. The predicted molar refractivity (Wildman–Crippen MR) is 55.0 cm³/mol. The Morgan fingerprint density at radius 1 is 1.57 bits per heavy atom. The van der Waals surface area contributed by atoms with E-state index in [2.05, 4.69) is 4.98 Å². The quantitative estimate of drug-likeness (QED) is 0.725. The molecule has 0 aliphatic carbocycles. The van der Waals surface area contributed by atoms with Crippen molar-refractivity contribution in [1.82, 2.24) is 4.98 Å². The Morgan fingerprint density at radius 3 is 2.64 bits per heavy atom. The Hall–Kier alpha value is -1.09. The molecule has 1 aromatic heterocycles. The van der Waals surface area contributed by atoms with Crippen LogP contribution >= 0.6 is 11.6 Å². The summed E-state index contributed by atoms with van der Waals surface area (Å²) in [6.07, 6.45) is 1.49. The second kappa shape index (κ2) is 4.42. The molecule has 0 radical (unpaired) electrons. The molecule has 3 nitrogen and oxygen atoms in total. The Labute approximate surface area is 88.1 Å². The molecule has 0 aromatic carbocycles. The van der Waals surface area contributed by atoms with Crippen LogP contribution in [0.25, 0.3) is 0 Å². The van der Waals surface area contributed by atoms with Gasteiger partial charge in [-0.3, -0.25) is 4.79 Å². The lowest BCUT2D eigenvalue weighted by atomic mass is 10.1. The van der Waals surface area contributed by atoms with Gasteiger partial charge in [-0.2, -0.15) is 0 Å². The van der Waals surface area contributed by atoms with Gasteiger partial charge >= 0.3 is 0 Å². The summed E-state index contributed by atoms with van der Waals surface area (Å²) >= 11 is 5.88. The van der Waals surface area contributed by atoms with Crippen LogP contribution in [-0.2, 0) is 0 Å². The second-order valence-electron chi connectivity index (χ2n) is 3.22. The highest BCUT2D eigenvalue weighted by molar-refractivity contribution is 6.33. The van der Waals surface area contributed by atoms with Crippen LogP contribution in [-0.4, -0.2) is 17.9 Å². The van der Waals surface area contributed by atoms with Crippen LogP contribution in [0.1, 0.15) is 24.3 Å². The van der Waals surface area contributed by atoms with Crippen LogP contribution < -0.4 is 4.74 Å². The van der Waals surface area contributed by atoms with Crippen molar-refractivity contribution in [1.29, 1.82) is 0 Å². The third kappa shape index (κ3) is 2.23. The largest absolute Gasteiger partial charge is 0.495 e. The molecule has 76 valence electrons. The van der Waals surface area contributed by atoms with Crippen molar-refractivity contribution in [2.24, 2.45) is 5.92 Å². The number of ketones is 1. The number of pyridine rings is 1. The monoisotopic (exact) mass is 213 g/mol. The standard InChI is InChI=1S/C10H12ClNO2/c1-6(2)10(13)9-8(11)4-7(14-3)5-12-9/h4-6H,1-3H3. The first-order valence-corrected chi connectivity index (χ1v) is 4.67. The number of halogens is 1. The fourth-order valence-corrected chi connectivity index (χ4v) is 1.24. The van der Waals surface area contributed by atoms with Gasteiger partial charge in [-0.05, 0) is 0 Å². The number of ether oxygens (including phenoxy) is 1. The van der Waals surface area contributed by atoms with Gasteiger partial charge in [-0.1, -0.05) is 25.4 Å². The van der Waals surface area contributed by atoms with Crippen LogP contribution in [0.15, 0.2) is 12.3 Å². The maximum Gasteiger partial charge on any atom is 0.185 e. The molecule has 1 rings (SSSR count). The Morgan fingerprint density at radius 2 is 2.21 bits per heavy atom. The minimum atomic E-state index is -0.103. The minimum absolute atomic E-state index is 0.0577. The van der Waals surface area contributed by atoms with E-state index in [1.165, 1.54) is 13.3 Å². The number of hydrogen-bond donors (Lipinski definition) is 0. The minimum Gasteiger partial charge on any atom is -0.495 e. The lowest BCUT2D eigenvalue weighted by Crippen LogP contribution is -2.10. The first-order chi connectivity index (χ1) is 6.56. The number of carbonyl (C=O) groups excluding carboxylic acids is 1. The number of carbonyl (C=O) groups is 1. The Balaban J connectivity index is 3.06. The lowest BCUT2D eigenvalue weighted by Gasteiger charge is -2.06. The van der Waals surface area contributed by atoms with Crippen LogP contribution in [0.3, 0.4) is 0 Å². The Kier molecular flexibility index (Phi) is 3.47. The summed E-state index contributed by atoms with van der Waals surface area (Å²) in [5.41, 5.74) is 0.308. The molecule has 0 atom stereocenters. The maximum absolute atomic E-state index is 11.6. The summed E-state index contributed by atoms with van der Waals surface area (Å²) in [5.74, 6) is 0.390. The van der Waals surface area contributed by atoms with E-state index in [-0.39, 0.29) is 11.7 Å². The van der Waals surface area contributed by atoms with E-state index in [9.17, 15) is 4.79 Å². The fraction of sp³-hybridized carbons (Fsp3) is 0.400. The molecule has 1 heterocycles. The van der Waals surface area contributed by atoms with Crippen LogP contribution in [0.5, 0.6) is 5.75 Å². The zero-order valence-electron chi connectivity index (χ0n) is 8.37. The normalized spacial score (nSPS) is 10.4. The summed E-state index contributed by atoms with van der Waals surface area (Å²) < 4.78 is 4.93. The van der Waals surface area contributed by atoms with Crippen molar-refractivity contribution >= 4 is 17.4 Å². The van der Waals surface area contributed by atoms with Crippen molar-refractivity contribution in [3.8, 4) is 5.75 Å². The number of nitrogens with zero attached hydrogens (tertiary/aromatic N) is 1. The van der Waals surface area contributed by atoms with E-state index in [1.54, 1.807) is 6.07 Å². The SMILES string of the molecule is COc1cnc(C(=O)C(C)C)c(Cl)c1. The summed E-state index contributed by atoms with van der Waals surface area (Å²) in [4.78, 5) is 15.5. The van der Waals surface area contributed by atoms with Crippen LogP contribution in [0, 0.1) is 5.92 Å². The summed E-state index contributed by atoms with van der Waals surface area (Å²) in [7, 11) is 1.53. The van der Waals surface area contributed by atoms with E-state index in [0.29, 0.717) is 16.5 Å². The molecule has 0 aliphatic rings. The van der Waals surface area contributed by atoms with Gasteiger partial charge in [0.2, 0.25) is 0 Å². The van der Waals surface area contributed by atoms with E-state index in [4.69, 9.17) is 16.3 Å². The van der Waals surface area contributed by atoms with Crippen LogP contribution in [0.2, 0.25) is 5.02 Å². The van der Waals surface area contributed by atoms with Crippen molar-refractivity contribution in [3.63, 3.8) is 0 Å². The third-order valence-electron chi connectivity index (χ3n) is 1.81. The molecule has 0 amide bonds. The highest BCUT2D eigenvalue weighted by atomic mass is 35.5. The van der Waals surface area contributed by atoms with E-state index in [1.807, 2.05) is 13.8 Å². The summed E-state index contributed by atoms with van der Waals surface area (Å²) in [6.45, 7) is 3.62. The highest BCUT2D eigenvalue weighted by Gasteiger charge is 2.15. The third-order valence-corrected chi connectivity index (χ3v) is 2.10. The molecule has 0 unspecified atom stereocenters. The molecule has 14 heavy (non-hydrogen) atoms. The molecule has 0 aliphatic heterocycles. The van der Waals surface area contributed by atoms with Crippen molar-refractivity contribution in [2.45, 2.75) is 13.8 Å². The summed E-state index contributed by atoms with van der Waals surface area (Å²) in [6, 6.07) is 1.59. The maximum atomic E-state index is 11.6. The van der Waals surface area contributed by atoms with Gasteiger partial charge in [0, 0.05) is 12.0 Å². The molecule has 0 saturated heterocycles. The van der Waals surface area contributed by atoms with Gasteiger partial charge < -0.3 is 4.74 Å². The molecule has 4 heteroatoms. The zero-order chi connectivity index (χ0) is 10.7. The van der Waals surface area contributed by atoms with Gasteiger partial charge in [0.25, 0.3) is 0 Å². The summed E-state index contributed by atoms with van der Waals surface area (Å²) in [5, 5.41) is 0.336. The topological polar surface area (TPSA) is 39.2 Å². The molecule has 0 spiro atoms. The number of rotatable bonds is 3. The van der Waals surface area contributed by atoms with E-state index in [0.717, 1.165) is 0 Å². The van der Waals surface area contributed by atoms with E-state index < -0.39 is 0 Å². The zero-order valence-corrected chi connectivity index (χ0v) is 9.13. The van der Waals surface area contributed by atoms with Gasteiger partial charge in [0.15, 0.2) is 5.78 Å². The molecule has 0 bridgehead atoms. The number of Topliss-reactive ketones (excluding diaryl/α,β-unsaturated/α-hetero) is 1. The van der Waals surface area contributed by atoms with E-state index >= 15 is 0 Å². The molecule has 1 aromatic rings. The molecular weight excluding hydrogens is 202 g/mol. The van der Waals surface area contributed by atoms with Crippen molar-refractivity contribution in [2.75, 3.05) is 7.11 Å². The van der Waals surface area contributed by atoms with Crippen molar-refractivity contribution in [3.05, 3.63) is 23.0 Å². The number of aromatic nitrogens is 1. The van der Waals surface area contributed by atoms with Gasteiger partial charge in [0.05, 0.1) is 18.3 Å². The second-order valence-corrected chi connectivity index (χ2v) is 3.63. The average molecular weight is 214 g/mol. The van der Waals surface area contributed by atoms with Gasteiger partial charge in [-0.15, -0.1) is 0 Å². The van der Waals surface area contributed by atoms with Crippen molar-refractivity contribution < 1.29 is 9.53 Å². The predicted octanol–water partition coefficient (Wildman–Crippen LogP) is 2.58. The highest BCUT2D eigenvalue weighted by Crippen LogP contribution is 2.21. The van der Waals surface area contributed by atoms with Gasteiger partial charge in [-0.25, -0.2) is 4.98 Å². The number of methoxy groups -OCH3 is 1. The fourth-order valence-electron chi connectivity index (χ4n) is 0.987. The molecule has 0 fully saturated rings. The average Bonchev–Trinajstić information content (AvgIpc) is 2.16. The first kappa shape index (κ1) is 11.0. The smallest absolute Gasteiger partial charge is 0.185 e.